The second kappa shape index (κ2) is 5.26. The molecule has 0 aliphatic heterocycles. The lowest BCUT2D eigenvalue weighted by Crippen LogP contribution is -2.01. The molecule has 4 heteroatoms. The SMILES string of the molecule is Cc1ccc(-n2nc(C)c(CCC(=O)O)c2C)cc1. The number of aryl methyl sites for hydroxylation is 2. The molecule has 2 aromatic rings. The number of aromatic nitrogens is 2. The fourth-order valence-electron chi connectivity index (χ4n) is 2.21. The first-order chi connectivity index (χ1) is 8.99. The van der Waals surface area contributed by atoms with Crippen molar-refractivity contribution in [1.82, 2.24) is 9.78 Å². The molecular formula is C15H18N2O2. The molecule has 0 fully saturated rings. The molecule has 1 heterocycles. The Balaban J connectivity index is 2.35. The normalized spacial score (nSPS) is 10.7. The molecule has 1 N–H and O–H groups in total. The van der Waals surface area contributed by atoms with Crippen molar-refractivity contribution in [3.05, 3.63) is 46.8 Å². The fourth-order valence-corrected chi connectivity index (χ4v) is 2.21. The standard InChI is InChI=1S/C15H18N2O2/c1-10-4-6-13(7-5-10)17-12(3)14(11(2)16-17)8-9-15(18)19/h4-7H,8-9H2,1-3H3,(H,18,19). The molecule has 0 amide bonds. The van der Waals surface area contributed by atoms with E-state index in [0.717, 1.165) is 22.6 Å². The summed E-state index contributed by atoms with van der Waals surface area (Å²) >= 11 is 0. The van der Waals surface area contributed by atoms with Crippen LogP contribution in [0.5, 0.6) is 0 Å². The second-order valence-electron chi connectivity index (χ2n) is 4.79. The molecule has 0 atom stereocenters. The highest BCUT2D eigenvalue weighted by molar-refractivity contribution is 5.67. The monoisotopic (exact) mass is 258 g/mol. The maximum absolute atomic E-state index is 10.7. The quantitative estimate of drug-likeness (QED) is 0.917. The van der Waals surface area contributed by atoms with Crippen LogP contribution in [0, 0.1) is 20.8 Å². The molecule has 0 spiro atoms. The molecule has 2 rings (SSSR count). The van der Waals surface area contributed by atoms with E-state index in [-0.39, 0.29) is 6.42 Å². The van der Waals surface area contributed by atoms with Crippen LogP contribution in [0.4, 0.5) is 0 Å². The predicted octanol–water partition coefficient (Wildman–Crippen LogP) is 2.81. The summed E-state index contributed by atoms with van der Waals surface area (Å²) in [4.78, 5) is 10.7. The minimum Gasteiger partial charge on any atom is -0.481 e. The van der Waals surface area contributed by atoms with Crippen molar-refractivity contribution in [3.63, 3.8) is 0 Å². The van der Waals surface area contributed by atoms with Crippen LogP contribution in [0.25, 0.3) is 5.69 Å². The molecule has 0 bridgehead atoms. The topological polar surface area (TPSA) is 55.1 Å². The summed E-state index contributed by atoms with van der Waals surface area (Å²) in [5, 5.41) is 13.3. The lowest BCUT2D eigenvalue weighted by atomic mass is 10.1. The number of hydrogen-bond acceptors (Lipinski definition) is 2. The Morgan fingerprint density at radius 3 is 2.42 bits per heavy atom. The average molecular weight is 258 g/mol. The Kier molecular flexibility index (Phi) is 3.69. The van der Waals surface area contributed by atoms with Gasteiger partial charge in [-0.1, -0.05) is 17.7 Å². The van der Waals surface area contributed by atoms with E-state index in [1.54, 1.807) is 0 Å². The van der Waals surface area contributed by atoms with Crippen molar-refractivity contribution >= 4 is 5.97 Å². The van der Waals surface area contributed by atoms with Gasteiger partial charge in [0, 0.05) is 12.1 Å². The molecule has 0 aliphatic rings. The largest absolute Gasteiger partial charge is 0.481 e. The van der Waals surface area contributed by atoms with Crippen molar-refractivity contribution < 1.29 is 9.90 Å². The van der Waals surface area contributed by atoms with Gasteiger partial charge < -0.3 is 5.11 Å². The first kappa shape index (κ1) is 13.3. The molecule has 0 unspecified atom stereocenters. The highest BCUT2D eigenvalue weighted by atomic mass is 16.4. The zero-order chi connectivity index (χ0) is 14.0. The van der Waals surface area contributed by atoms with Gasteiger partial charge in [0.05, 0.1) is 11.4 Å². The van der Waals surface area contributed by atoms with Crippen LogP contribution >= 0.6 is 0 Å². The summed E-state index contributed by atoms with van der Waals surface area (Å²) in [6.45, 7) is 5.95. The number of carboxylic acids is 1. The van der Waals surface area contributed by atoms with E-state index < -0.39 is 5.97 Å². The Morgan fingerprint density at radius 1 is 1.21 bits per heavy atom. The van der Waals surface area contributed by atoms with Crippen LogP contribution < -0.4 is 0 Å². The number of nitrogens with zero attached hydrogens (tertiary/aromatic N) is 2. The number of carbonyl (C=O) groups is 1. The van der Waals surface area contributed by atoms with E-state index in [2.05, 4.69) is 5.10 Å². The molecule has 100 valence electrons. The number of hydrogen-bond donors (Lipinski definition) is 1. The highest BCUT2D eigenvalue weighted by Gasteiger charge is 2.13. The van der Waals surface area contributed by atoms with Crippen LogP contribution in [-0.4, -0.2) is 20.9 Å². The van der Waals surface area contributed by atoms with Gasteiger partial charge in [0.15, 0.2) is 0 Å². The predicted molar refractivity (Wildman–Crippen MR) is 73.7 cm³/mol. The summed E-state index contributed by atoms with van der Waals surface area (Å²) < 4.78 is 1.88. The van der Waals surface area contributed by atoms with Gasteiger partial charge in [-0.3, -0.25) is 4.79 Å². The van der Waals surface area contributed by atoms with Crippen molar-refractivity contribution in [2.75, 3.05) is 0 Å². The summed E-state index contributed by atoms with van der Waals surface area (Å²) in [6.07, 6.45) is 0.667. The number of benzene rings is 1. The van der Waals surface area contributed by atoms with Gasteiger partial charge in [0.25, 0.3) is 0 Å². The van der Waals surface area contributed by atoms with Gasteiger partial charge in [0.2, 0.25) is 0 Å². The van der Waals surface area contributed by atoms with E-state index in [9.17, 15) is 4.79 Å². The maximum Gasteiger partial charge on any atom is 0.303 e. The van der Waals surface area contributed by atoms with E-state index in [1.165, 1.54) is 5.56 Å². The molecule has 1 aromatic carbocycles. The van der Waals surface area contributed by atoms with Gasteiger partial charge in [-0.2, -0.15) is 5.10 Å². The van der Waals surface area contributed by atoms with Crippen LogP contribution in [0.3, 0.4) is 0 Å². The van der Waals surface area contributed by atoms with E-state index >= 15 is 0 Å². The molecular weight excluding hydrogens is 240 g/mol. The molecule has 0 saturated carbocycles. The van der Waals surface area contributed by atoms with E-state index in [0.29, 0.717) is 6.42 Å². The first-order valence-electron chi connectivity index (χ1n) is 6.33. The fraction of sp³-hybridized carbons (Fsp3) is 0.333. The first-order valence-corrected chi connectivity index (χ1v) is 6.33. The van der Waals surface area contributed by atoms with Gasteiger partial charge in [-0.15, -0.1) is 0 Å². The Morgan fingerprint density at radius 2 is 1.84 bits per heavy atom. The third-order valence-corrected chi connectivity index (χ3v) is 3.31. The average Bonchev–Trinajstić information content (AvgIpc) is 2.63. The molecule has 0 aliphatic carbocycles. The van der Waals surface area contributed by atoms with Crippen LogP contribution in [0.1, 0.15) is 28.9 Å². The van der Waals surface area contributed by atoms with Gasteiger partial charge in [0.1, 0.15) is 0 Å². The third kappa shape index (κ3) is 2.84. The Labute approximate surface area is 112 Å². The molecule has 0 saturated heterocycles. The highest BCUT2D eigenvalue weighted by Crippen LogP contribution is 2.19. The van der Waals surface area contributed by atoms with Gasteiger partial charge in [-0.05, 0) is 44.9 Å². The molecule has 4 nitrogen and oxygen atoms in total. The summed E-state index contributed by atoms with van der Waals surface area (Å²) in [5.41, 5.74) is 5.16. The van der Waals surface area contributed by atoms with Crippen LogP contribution in [0.2, 0.25) is 0 Å². The Hall–Kier alpha value is -2.10. The lowest BCUT2D eigenvalue weighted by molar-refractivity contribution is -0.136. The number of carboxylic acid groups (broad SMARTS) is 1. The van der Waals surface area contributed by atoms with Crippen molar-refractivity contribution in [2.45, 2.75) is 33.6 Å². The van der Waals surface area contributed by atoms with Gasteiger partial charge in [-0.25, -0.2) is 4.68 Å². The minimum absolute atomic E-state index is 0.140. The summed E-state index contributed by atoms with van der Waals surface area (Å²) in [5.74, 6) is -0.776. The lowest BCUT2D eigenvalue weighted by Gasteiger charge is -2.05. The summed E-state index contributed by atoms with van der Waals surface area (Å²) in [7, 11) is 0. The summed E-state index contributed by atoms with van der Waals surface area (Å²) in [6, 6.07) is 8.14. The second-order valence-corrected chi connectivity index (χ2v) is 4.79. The molecule has 1 aromatic heterocycles. The van der Waals surface area contributed by atoms with Crippen molar-refractivity contribution in [3.8, 4) is 5.69 Å². The smallest absolute Gasteiger partial charge is 0.303 e. The number of rotatable bonds is 4. The zero-order valence-corrected chi connectivity index (χ0v) is 11.5. The zero-order valence-electron chi connectivity index (χ0n) is 11.5. The molecule has 19 heavy (non-hydrogen) atoms. The van der Waals surface area contributed by atoms with Crippen LogP contribution in [-0.2, 0) is 11.2 Å². The van der Waals surface area contributed by atoms with Crippen LogP contribution in [0.15, 0.2) is 24.3 Å². The maximum atomic E-state index is 10.7. The minimum atomic E-state index is -0.776. The number of aliphatic carboxylic acids is 1. The van der Waals surface area contributed by atoms with Gasteiger partial charge >= 0.3 is 5.97 Å². The van der Waals surface area contributed by atoms with Crippen molar-refractivity contribution in [2.24, 2.45) is 0 Å². The van der Waals surface area contributed by atoms with E-state index in [1.807, 2.05) is 49.7 Å². The molecule has 0 radical (unpaired) electrons. The third-order valence-electron chi connectivity index (χ3n) is 3.31. The van der Waals surface area contributed by atoms with E-state index in [4.69, 9.17) is 5.11 Å². The Bertz CT molecular complexity index is 597. The van der Waals surface area contributed by atoms with Crippen molar-refractivity contribution in [1.29, 1.82) is 0 Å².